The molecule has 32 heavy (non-hydrogen) atoms. The van der Waals surface area contributed by atoms with Gasteiger partial charge in [-0.1, -0.05) is 42.6 Å². The molecule has 0 radical (unpaired) electrons. The minimum atomic E-state index is -0.477. The Morgan fingerprint density at radius 2 is 2.06 bits per heavy atom. The highest BCUT2D eigenvalue weighted by molar-refractivity contribution is 7.99. The van der Waals surface area contributed by atoms with Crippen LogP contribution in [0.5, 0.6) is 0 Å². The molecular weight excluding hydrogens is 452 g/mol. The minimum absolute atomic E-state index is 0.0396. The lowest BCUT2D eigenvalue weighted by molar-refractivity contribution is -0.117. The van der Waals surface area contributed by atoms with E-state index in [0.29, 0.717) is 47.3 Å². The number of imide groups is 1. The van der Waals surface area contributed by atoms with Crippen molar-refractivity contribution in [2.45, 2.75) is 63.2 Å². The van der Waals surface area contributed by atoms with Gasteiger partial charge in [-0.25, -0.2) is 9.78 Å². The number of hydrogen-bond donors (Lipinski definition) is 2. The number of carbonyl (C=O) groups excluding carboxylic acids is 2. The lowest BCUT2D eigenvalue weighted by Gasteiger charge is -2.22. The molecule has 8 nitrogen and oxygen atoms in total. The number of carbonyl (C=O) groups is 2. The minimum Gasteiger partial charge on any atom is -0.382 e. The predicted molar refractivity (Wildman–Crippen MR) is 126 cm³/mol. The maximum absolute atomic E-state index is 13.0. The fourth-order valence-electron chi connectivity index (χ4n) is 3.71. The Labute approximate surface area is 196 Å². The predicted octanol–water partition coefficient (Wildman–Crippen LogP) is 3.73. The van der Waals surface area contributed by atoms with Gasteiger partial charge in [0.25, 0.3) is 5.56 Å². The van der Waals surface area contributed by atoms with Crippen LogP contribution in [0.2, 0.25) is 5.02 Å². The van der Waals surface area contributed by atoms with Crippen molar-refractivity contribution < 1.29 is 14.3 Å². The van der Waals surface area contributed by atoms with Crippen LogP contribution in [-0.2, 0) is 16.1 Å². The topological polar surface area (TPSA) is 102 Å². The Hall–Kier alpha value is -2.10. The first kappa shape index (κ1) is 24.5. The van der Waals surface area contributed by atoms with Gasteiger partial charge in [0, 0.05) is 30.8 Å². The Balaban J connectivity index is 1.67. The van der Waals surface area contributed by atoms with E-state index in [2.05, 4.69) is 15.6 Å². The molecule has 1 heterocycles. The summed E-state index contributed by atoms with van der Waals surface area (Å²) in [6.07, 6.45) is 5.88. The molecule has 0 aliphatic heterocycles. The van der Waals surface area contributed by atoms with E-state index in [9.17, 15) is 14.4 Å². The average molecular weight is 481 g/mol. The van der Waals surface area contributed by atoms with Crippen molar-refractivity contribution in [3.63, 3.8) is 0 Å². The molecule has 1 aliphatic rings. The fraction of sp³-hybridized carbons (Fsp3) is 0.545. The standard InChI is InChI=1S/C22H29ClN4O4S/c1-2-31-12-6-11-27-20(29)17-10-9-15(23)13-18(17)25-22(27)32-14-19(28)26-21(30)24-16-7-4-3-5-8-16/h9-10,13,16H,2-8,11-12,14H2,1H3,(H2,24,26,28,30). The zero-order chi connectivity index (χ0) is 22.9. The van der Waals surface area contributed by atoms with Crippen LogP contribution in [-0.4, -0.2) is 46.5 Å². The number of thioether (sulfide) groups is 1. The van der Waals surface area contributed by atoms with Crippen molar-refractivity contribution in [3.8, 4) is 0 Å². The number of rotatable bonds is 9. The first-order valence-corrected chi connectivity index (χ1v) is 12.3. The van der Waals surface area contributed by atoms with Crippen molar-refractivity contribution >= 4 is 46.2 Å². The smallest absolute Gasteiger partial charge is 0.321 e. The van der Waals surface area contributed by atoms with Crippen molar-refractivity contribution in [2.75, 3.05) is 19.0 Å². The molecule has 1 aliphatic carbocycles. The van der Waals surface area contributed by atoms with E-state index in [1.807, 2.05) is 6.92 Å². The summed E-state index contributed by atoms with van der Waals surface area (Å²) in [6, 6.07) is 4.58. The molecule has 2 N–H and O–H groups in total. The van der Waals surface area contributed by atoms with Gasteiger partial charge in [0.15, 0.2) is 5.16 Å². The summed E-state index contributed by atoms with van der Waals surface area (Å²) in [7, 11) is 0. The molecule has 0 atom stereocenters. The van der Waals surface area contributed by atoms with Crippen molar-refractivity contribution in [2.24, 2.45) is 0 Å². The monoisotopic (exact) mass is 480 g/mol. The van der Waals surface area contributed by atoms with Gasteiger partial charge in [0.1, 0.15) is 0 Å². The number of fused-ring (bicyclic) bond motifs is 1. The molecule has 1 aromatic heterocycles. The zero-order valence-electron chi connectivity index (χ0n) is 18.2. The lowest BCUT2D eigenvalue weighted by Crippen LogP contribution is -2.45. The van der Waals surface area contributed by atoms with E-state index in [-0.39, 0.29) is 17.4 Å². The zero-order valence-corrected chi connectivity index (χ0v) is 19.8. The van der Waals surface area contributed by atoms with Crippen LogP contribution < -0.4 is 16.2 Å². The molecule has 1 fully saturated rings. The molecule has 2 aromatic rings. The molecule has 0 unspecified atom stereocenters. The van der Waals surface area contributed by atoms with Crippen LogP contribution in [0.3, 0.4) is 0 Å². The van der Waals surface area contributed by atoms with Gasteiger partial charge < -0.3 is 10.1 Å². The van der Waals surface area contributed by atoms with Crippen molar-refractivity contribution in [1.29, 1.82) is 0 Å². The number of hydrogen-bond acceptors (Lipinski definition) is 6. The fourth-order valence-corrected chi connectivity index (χ4v) is 4.70. The highest BCUT2D eigenvalue weighted by Crippen LogP contribution is 2.21. The van der Waals surface area contributed by atoms with Gasteiger partial charge in [0.2, 0.25) is 5.91 Å². The van der Waals surface area contributed by atoms with Crippen LogP contribution in [0, 0.1) is 0 Å². The summed E-state index contributed by atoms with van der Waals surface area (Å²) in [5.41, 5.74) is 0.280. The number of benzene rings is 1. The summed E-state index contributed by atoms with van der Waals surface area (Å²) < 4.78 is 6.92. The van der Waals surface area contributed by atoms with E-state index >= 15 is 0 Å². The quantitative estimate of drug-likeness (QED) is 0.322. The van der Waals surface area contributed by atoms with Gasteiger partial charge in [-0.15, -0.1) is 0 Å². The maximum Gasteiger partial charge on any atom is 0.321 e. The summed E-state index contributed by atoms with van der Waals surface area (Å²) in [4.78, 5) is 42.0. The third kappa shape index (κ3) is 6.95. The number of amides is 3. The first-order chi connectivity index (χ1) is 15.5. The van der Waals surface area contributed by atoms with Crippen molar-refractivity contribution in [3.05, 3.63) is 33.6 Å². The molecule has 1 aromatic carbocycles. The Bertz CT molecular complexity index is 1010. The second-order valence-corrected chi connectivity index (χ2v) is 9.09. The molecule has 0 spiro atoms. The average Bonchev–Trinajstić information content (AvgIpc) is 2.77. The van der Waals surface area contributed by atoms with Crippen LogP contribution in [0.4, 0.5) is 4.79 Å². The highest BCUT2D eigenvalue weighted by atomic mass is 35.5. The normalized spacial score (nSPS) is 14.4. The molecule has 0 saturated heterocycles. The summed E-state index contributed by atoms with van der Waals surface area (Å²) in [6.45, 7) is 3.45. The van der Waals surface area contributed by atoms with E-state index in [1.165, 1.54) is 6.42 Å². The van der Waals surface area contributed by atoms with Crippen molar-refractivity contribution in [1.82, 2.24) is 20.2 Å². The van der Waals surface area contributed by atoms with E-state index in [0.717, 1.165) is 37.4 Å². The largest absolute Gasteiger partial charge is 0.382 e. The molecule has 3 amide bonds. The third-order valence-electron chi connectivity index (χ3n) is 5.28. The molecule has 3 rings (SSSR count). The second kappa shape index (κ2) is 12.2. The number of nitrogens with one attached hydrogen (secondary N) is 2. The first-order valence-electron chi connectivity index (χ1n) is 11.0. The van der Waals surface area contributed by atoms with Crippen LogP contribution in [0.1, 0.15) is 45.4 Å². The van der Waals surface area contributed by atoms with Crippen LogP contribution in [0.25, 0.3) is 10.9 Å². The Kier molecular flexibility index (Phi) is 9.37. The molecule has 174 valence electrons. The molecule has 0 bridgehead atoms. The summed E-state index contributed by atoms with van der Waals surface area (Å²) in [5.74, 6) is -0.480. The molecule has 1 saturated carbocycles. The van der Waals surface area contributed by atoms with E-state index in [1.54, 1.807) is 22.8 Å². The molecule has 10 heteroatoms. The summed E-state index contributed by atoms with van der Waals surface area (Å²) in [5, 5.41) is 6.58. The van der Waals surface area contributed by atoms with Gasteiger partial charge in [-0.3, -0.25) is 19.5 Å². The van der Waals surface area contributed by atoms with E-state index in [4.69, 9.17) is 16.3 Å². The SMILES string of the molecule is CCOCCCn1c(SCC(=O)NC(=O)NC2CCCCC2)nc2cc(Cl)ccc2c1=O. The van der Waals surface area contributed by atoms with Crippen LogP contribution >= 0.6 is 23.4 Å². The third-order valence-corrected chi connectivity index (χ3v) is 6.49. The Morgan fingerprint density at radius 3 is 2.81 bits per heavy atom. The molecular formula is C22H29ClN4O4S. The Morgan fingerprint density at radius 1 is 1.28 bits per heavy atom. The van der Waals surface area contributed by atoms with Gasteiger partial charge in [-0.2, -0.15) is 0 Å². The van der Waals surface area contributed by atoms with E-state index < -0.39 is 11.9 Å². The lowest BCUT2D eigenvalue weighted by atomic mass is 9.96. The number of urea groups is 1. The number of aromatic nitrogens is 2. The van der Waals surface area contributed by atoms with Gasteiger partial charge >= 0.3 is 6.03 Å². The maximum atomic E-state index is 13.0. The van der Waals surface area contributed by atoms with Gasteiger partial charge in [-0.05, 0) is 44.4 Å². The summed E-state index contributed by atoms with van der Waals surface area (Å²) >= 11 is 7.18. The number of nitrogens with zero attached hydrogens (tertiary/aromatic N) is 2. The van der Waals surface area contributed by atoms with Gasteiger partial charge in [0.05, 0.1) is 16.7 Å². The number of ether oxygens (including phenoxy) is 1. The number of halogens is 1. The van der Waals surface area contributed by atoms with Crippen LogP contribution in [0.15, 0.2) is 28.2 Å². The highest BCUT2D eigenvalue weighted by Gasteiger charge is 2.18. The second-order valence-electron chi connectivity index (χ2n) is 7.71.